The lowest BCUT2D eigenvalue weighted by atomic mass is 9.99. The molecule has 2 rings (SSSR count). The SMILES string of the molecule is OC1(O)C=Cc2[nH]ccc2C1. The van der Waals surface area contributed by atoms with E-state index < -0.39 is 5.79 Å². The lowest BCUT2D eigenvalue weighted by Crippen LogP contribution is -2.29. The molecule has 58 valence electrons. The summed E-state index contributed by atoms with van der Waals surface area (Å²) in [6.07, 6.45) is 5.11. The van der Waals surface area contributed by atoms with E-state index in [0.717, 1.165) is 11.3 Å². The summed E-state index contributed by atoms with van der Waals surface area (Å²) in [5, 5.41) is 18.4. The molecule has 3 heteroatoms. The van der Waals surface area contributed by atoms with Gasteiger partial charge in [-0.3, -0.25) is 0 Å². The summed E-state index contributed by atoms with van der Waals surface area (Å²) in [7, 11) is 0. The van der Waals surface area contributed by atoms with Gasteiger partial charge in [0.25, 0.3) is 0 Å². The van der Waals surface area contributed by atoms with Gasteiger partial charge in [0.2, 0.25) is 0 Å². The fourth-order valence-electron chi connectivity index (χ4n) is 1.28. The minimum atomic E-state index is -1.66. The number of fused-ring (bicyclic) bond motifs is 1. The van der Waals surface area contributed by atoms with Gasteiger partial charge >= 0.3 is 0 Å². The fraction of sp³-hybridized carbons (Fsp3) is 0.250. The second kappa shape index (κ2) is 1.96. The van der Waals surface area contributed by atoms with E-state index in [0.29, 0.717) is 0 Å². The quantitative estimate of drug-likeness (QED) is 0.466. The van der Waals surface area contributed by atoms with Crippen molar-refractivity contribution in [1.29, 1.82) is 0 Å². The first-order valence-electron chi connectivity index (χ1n) is 3.48. The van der Waals surface area contributed by atoms with Crippen molar-refractivity contribution in [2.75, 3.05) is 0 Å². The second-order valence-electron chi connectivity index (χ2n) is 2.81. The second-order valence-corrected chi connectivity index (χ2v) is 2.81. The van der Waals surface area contributed by atoms with E-state index in [2.05, 4.69) is 4.98 Å². The van der Waals surface area contributed by atoms with Crippen LogP contribution in [0.5, 0.6) is 0 Å². The fourth-order valence-corrected chi connectivity index (χ4v) is 1.28. The van der Waals surface area contributed by atoms with Crippen molar-refractivity contribution < 1.29 is 10.2 Å². The molecule has 1 aliphatic rings. The number of rotatable bonds is 0. The third-order valence-electron chi connectivity index (χ3n) is 1.84. The zero-order chi connectivity index (χ0) is 7.90. The summed E-state index contributed by atoms with van der Waals surface area (Å²) in [5.41, 5.74) is 1.90. The molecule has 0 amide bonds. The molecule has 0 saturated heterocycles. The minimum Gasteiger partial charge on any atom is -0.362 e. The molecule has 0 spiro atoms. The Bertz CT molecular complexity index is 299. The molecule has 0 aromatic carbocycles. The molecule has 3 N–H and O–H groups in total. The first-order valence-corrected chi connectivity index (χ1v) is 3.48. The molecule has 11 heavy (non-hydrogen) atoms. The monoisotopic (exact) mass is 151 g/mol. The van der Waals surface area contributed by atoms with Crippen molar-refractivity contribution in [3.8, 4) is 0 Å². The Morgan fingerprint density at radius 2 is 2.27 bits per heavy atom. The Hall–Kier alpha value is -1.06. The highest BCUT2D eigenvalue weighted by Gasteiger charge is 2.24. The molecule has 0 radical (unpaired) electrons. The first-order chi connectivity index (χ1) is 5.17. The van der Waals surface area contributed by atoms with E-state index in [4.69, 9.17) is 0 Å². The molecule has 0 atom stereocenters. The number of aromatic amines is 1. The number of H-pyrrole nitrogens is 1. The molecular formula is C8H9NO2. The number of aliphatic hydroxyl groups is 2. The van der Waals surface area contributed by atoms with E-state index in [-0.39, 0.29) is 6.42 Å². The van der Waals surface area contributed by atoms with Crippen LogP contribution < -0.4 is 0 Å². The summed E-state index contributed by atoms with van der Waals surface area (Å²) in [6.45, 7) is 0. The average Bonchev–Trinajstić information content (AvgIpc) is 2.31. The van der Waals surface area contributed by atoms with Gasteiger partial charge < -0.3 is 15.2 Å². The van der Waals surface area contributed by atoms with Gasteiger partial charge in [-0.25, -0.2) is 0 Å². The Kier molecular flexibility index (Phi) is 1.19. The van der Waals surface area contributed by atoms with Crippen LogP contribution in [0.1, 0.15) is 11.3 Å². The lowest BCUT2D eigenvalue weighted by molar-refractivity contribution is -0.116. The van der Waals surface area contributed by atoms with Crippen LogP contribution >= 0.6 is 0 Å². The molecule has 0 unspecified atom stereocenters. The van der Waals surface area contributed by atoms with Crippen LogP contribution in [0, 0.1) is 0 Å². The van der Waals surface area contributed by atoms with Crippen LogP contribution in [0.25, 0.3) is 6.08 Å². The molecule has 0 saturated carbocycles. The molecule has 3 nitrogen and oxygen atoms in total. The van der Waals surface area contributed by atoms with E-state index in [1.54, 1.807) is 12.3 Å². The number of hydrogen-bond donors (Lipinski definition) is 3. The molecule has 1 heterocycles. The maximum atomic E-state index is 9.19. The van der Waals surface area contributed by atoms with Crippen LogP contribution in [0.2, 0.25) is 0 Å². The van der Waals surface area contributed by atoms with Crippen LogP contribution in [0.15, 0.2) is 18.3 Å². The Morgan fingerprint density at radius 3 is 3.09 bits per heavy atom. The number of aromatic nitrogens is 1. The van der Waals surface area contributed by atoms with Crippen molar-refractivity contribution >= 4 is 6.08 Å². The van der Waals surface area contributed by atoms with Gasteiger partial charge in [-0.2, -0.15) is 0 Å². The predicted molar refractivity (Wildman–Crippen MR) is 40.7 cm³/mol. The Labute approximate surface area is 64.0 Å². The number of hydrogen-bond acceptors (Lipinski definition) is 2. The van der Waals surface area contributed by atoms with Gasteiger partial charge in [-0.05, 0) is 23.8 Å². The van der Waals surface area contributed by atoms with E-state index in [1.807, 2.05) is 6.07 Å². The first kappa shape index (κ1) is 6.64. The molecular weight excluding hydrogens is 142 g/mol. The Morgan fingerprint density at radius 1 is 1.45 bits per heavy atom. The highest BCUT2D eigenvalue weighted by Crippen LogP contribution is 2.22. The third-order valence-corrected chi connectivity index (χ3v) is 1.84. The zero-order valence-corrected chi connectivity index (χ0v) is 5.91. The maximum absolute atomic E-state index is 9.19. The molecule has 0 fully saturated rings. The van der Waals surface area contributed by atoms with Crippen molar-refractivity contribution in [1.82, 2.24) is 4.98 Å². The van der Waals surface area contributed by atoms with E-state index in [9.17, 15) is 10.2 Å². The third kappa shape index (κ3) is 1.08. The smallest absolute Gasteiger partial charge is 0.187 e. The number of nitrogens with one attached hydrogen (secondary N) is 1. The van der Waals surface area contributed by atoms with Crippen LogP contribution in [0.3, 0.4) is 0 Å². The highest BCUT2D eigenvalue weighted by atomic mass is 16.5. The molecule has 0 aliphatic heterocycles. The van der Waals surface area contributed by atoms with Gasteiger partial charge in [-0.1, -0.05) is 0 Å². The van der Waals surface area contributed by atoms with Crippen molar-refractivity contribution in [2.45, 2.75) is 12.2 Å². The van der Waals surface area contributed by atoms with Crippen molar-refractivity contribution in [3.63, 3.8) is 0 Å². The summed E-state index contributed by atoms with van der Waals surface area (Å²) in [6, 6.07) is 1.85. The largest absolute Gasteiger partial charge is 0.362 e. The van der Waals surface area contributed by atoms with Gasteiger partial charge in [0, 0.05) is 18.3 Å². The van der Waals surface area contributed by atoms with E-state index >= 15 is 0 Å². The molecule has 1 aliphatic carbocycles. The average molecular weight is 151 g/mol. The van der Waals surface area contributed by atoms with Gasteiger partial charge in [0.1, 0.15) is 0 Å². The van der Waals surface area contributed by atoms with Crippen molar-refractivity contribution in [3.05, 3.63) is 29.6 Å². The van der Waals surface area contributed by atoms with Gasteiger partial charge in [-0.15, -0.1) is 0 Å². The summed E-state index contributed by atoms with van der Waals surface area (Å²) in [4.78, 5) is 2.99. The van der Waals surface area contributed by atoms with Crippen LogP contribution in [0.4, 0.5) is 0 Å². The van der Waals surface area contributed by atoms with Crippen molar-refractivity contribution in [2.24, 2.45) is 0 Å². The molecule has 1 aromatic rings. The van der Waals surface area contributed by atoms with Crippen LogP contribution in [-0.4, -0.2) is 21.0 Å². The minimum absolute atomic E-state index is 0.266. The summed E-state index contributed by atoms with van der Waals surface area (Å²) >= 11 is 0. The van der Waals surface area contributed by atoms with Gasteiger partial charge in [0.15, 0.2) is 5.79 Å². The topological polar surface area (TPSA) is 56.2 Å². The lowest BCUT2D eigenvalue weighted by Gasteiger charge is -2.20. The zero-order valence-electron chi connectivity index (χ0n) is 5.91. The molecule has 0 bridgehead atoms. The molecule has 1 aromatic heterocycles. The normalized spacial score (nSPS) is 19.8. The predicted octanol–water partition coefficient (Wildman–Crippen LogP) is 0.265. The summed E-state index contributed by atoms with van der Waals surface area (Å²) < 4.78 is 0. The summed E-state index contributed by atoms with van der Waals surface area (Å²) in [5.74, 6) is -1.66. The standard InChI is InChI=1S/C8H9NO2/c10-8(11)3-1-7-6(5-8)2-4-9-7/h1-4,9-11H,5H2. The maximum Gasteiger partial charge on any atom is 0.187 e. The van der Waals surface area contributed by atoms with E-state index in [1.165, 1.54) is 6.08 Å². The van der Waals surface area contributed by atoms with Gasteiger partial charge in [0.05, 0.1) is 0 Å². The van der Waals surface area contributed by atoms with Crippen LogP contribution in [-0.2, 0) is 6.42 Å². The Balaban J connectivity index is 2.44. The highest BCUT2D eigenvalue weighted by molar-refractivity contribution is 5.54.